The Labute approximate surface area is 116 Å². The molecule has 1 unspecified atom stereocenters. The zero-order chi connectivity index (χ0) is 13.8. The van der Waals surface area contributed by atoms with Gasteiger partial charge >= 0.3 is 0 Å². The summed E-state index contributed by atoms with van der Waals surface area (Å²) >= 11 is 6.07. The molecular weight excluding hydrogens is 268 g/mol. The zero-order valence-corrected chi connectivity index (χ0v) is 11.2. The van der Waals surface area contributed by atoms with Crippen molar-refractivity contribution in [3.63, 3.8) is 0 Å². The molecule has 0 saturated carbocycles. The third-order valence-electron chi connectivity index (χ3n) is 2.89. The van der Waals surface area contributed by atoms with Crippen LogP contribution in [0.4, 0.5) is 14.5 Å². The van der Waals surface area contributed by atoms with Crippen molar-refractivity contribution in [2.75, 3.05) is 5.32 Å². The van der Waals surface area contributed by atoms with Gasteiger partial charge in [-0.15, -0.1) is 11.6 Å². The van der Waals surface area contributed by atoms with Crippen molar-refractivity contribution >= 4 is 17.3 Å². The Morgan fingerprint density at radius 1 is 1.11 bits per heavy atom. The lowest BCUT2D eigenvalue weighted by atomic mass is 10.1. The molecule has 0 aliphatic heterocycles. The van der Waals surface area contributed by atoms with Crippen LogP contribution >= 0.6 is 11.6 Å². The van der Waals surface area contributed by atoms with Crippen LogP contribution in [0.5, 0.6) is 0 Å². The third kappa shape index (κ3) is 3.24. The number of para-hydroxylation sites is 1. The molecule has 1 N–H and O–H groups in total. The number of hydrogen-bond acceptors (Lipinski definition) is 1. The second-order valence-electron chi connectivity index (χ2n) is 4.27. The first-order chi connectivity index (χ1) is 9.09. The first-order valence-corrected chi connectivity index (χ1v) is 6.43. The van der Waals surface area contributed by atoms with Crippen LogP contribution in [-0.4, -0.2) is 0 Å². The maximum atomic E-state index is 13.5. The minimum Gasteiger partial charge on any atom is -0.381 e. The van der Waals surface area contributed by atoms with Gasteiger partial charge in [0.1, 0.15) is 0 Å². The monoisotopic (exact) mass is 281 g/mol. The molecule has 100 valence electrons. The van der Waals surface area contributed by atoms with Gasteiger partial charge in [0.25, 0.3) is 0 Å². The van der Waals surface area contributed by atoms with E-state index in [0.29, 0.717) is 0 Å². The molecule has 0 spiro atoms. The third-order valence-corrected chi connectivity index (χ3v) is 3.13. The van der Waals surface area contributed by atoms with Crippen LogP contribution in [0.15, 0.2) is 42.5 Å². The van der Waals surface area contributed by atoms with Crippen LogP contribution in [0.1, 0.15) is 23.4 Å². The van der Waals surface area contributed by atoms with Gasteiger partial charge in [-0.2, -0.15) is 0 Å². The Bertz CT molecular complexity index is 570. The molecule has 1 nitrogen and oxygen atoms in total. The highest BCUT2D eigenvalue weighted by molar-refractivity contribution is 6.21. The first-order valence-electron chi connectivity index (χ1n) is 5.99. The normalized spacial score (nSPS) is 12.2. The largest absolute Gasteiger partial charge is 0.381 e. The Balaban J connectivity index is 2.17. The van der Waals surface area contributed by atoms with Gasteiger partial charge in [0.2, 0.25) is 0 Å². The molecule has 0 aliphatic rings. The standard InChI is InChI=1S/C15H14ClF2N/c1-10(16)12-6-2-3-8-14(12)19-9-11-5-4-7-13(17)15(11)18/h2-8,10,19H,9H2,1H3. The van der Waals surface area contributed by atoms with Gasteiger partial charge in [-0.25, -0.2) is 8.78 Å². The minimum atomic E-state index is -0.835. The van der Waals surface area contributed by atoms with Crippen LogP contribution in [0.2, 0.25) is 0 Å². The van der Waals surface area contributed by atoms with E-state index in [1.165, 1.54) is 6.07 Å². The summed E-state index contributed by atoms with van der Waals surface area (Å²) in [6, 6.07) is 11.7. The fourth-order valence-electron chi connectivity index (χ4n) is 1.88. The van der Waals surface area contributed by atoms with Crippen LogP contribution < -0.4 is 5.32 Å². The molecule has 0 aromatic heterocycles. The van der Waals surface area contributed by atoms with Crippen LogP contribution in [-0.2, 0) is 6.54 Å². The molecule has 1 atom stereocenters. The van der Waals surface area contributed by atoms with E-state index in [4.69, 9.17) is 11.6 Å². The fraction of sp³-hybridized carbons (Fsp3) is 0.200. The van der Waals surface area contributed by atoms with Crippen molar-refractivity contribution in [2.24, 2.45) is 0 Å². The van der Waals surface area contributed by atoms with Gasteiger partial charge < -0.3 is 5.32 Å². The predicted molar refractivity (Wildman–Crippen MR) is 74.4 cm³/mol. The zero-order valence-electron chi connectivity index (χ0n) is 10.5. The van der Waals surface area contributed by atoms with Crippen molar-refractivity contribution < 1.29 is 8.78 Å². The highest BCUT2D eigenvalue weighted by Crippen LogP contribution is 2.27. The van der Waals surface area contributed by atoms with E-state index in [-0.39, 0.29) is 17.5 Å². The van der Waals surface area contributed by atoms with Crippen LogP contribution in [0, 0.1) is 11.6 Å². The molecule has 2 aromatic carbocycles. The van der Waals surface area contributed by atoms with Gasteiger partial charge in [-0.3, -0.25) is 0 Å². The molecule has 4 heteroatoms. The maximum absolute atomic E-state index is 13.5. The summed E-state index contributed by atoms with van der Waals surface area (Å²) in [5, 5.41) is 2.94. The van der Waals surface area contributed by atoms with Crippen molar-refractivity contribution in [1.29, 1.82) is 0 Å². The molecule has 2 rings (SSSR count). The van der Waals surface area contributed by atoms with E-state index >= 15 is 0 Å². The van der Waals surface area contributed by atoms with E-state index in [2.05, 4.69) is 5.32 Å². The van der Waals surface area contributed by atoms with Gasteiger partial charge in [-0.05, 0) is 24.6 Å². The SMILES string of the molecule is CC(Cl)c1ccccc1NCc1cccc(F)c1F. The van der Waals surface area contributed by atoms with Gasteiger partial charge in [-0.1, -0.05) is 30.3 Å². The van der Waals surface area contributed by atoms with Crippen LogP contribution in [0.3, 0.4) is 0 Å². The van der Waals surface area contributed by atoms with E-state index in [0.717, 1.165) is 17.3 Å². The van der Waals surface area contributed by atoms with Crippen molar-refractivity contribution in [3.8, 4) is 0 Å². The first kappa shape index (κ1) is 13.8. The summed E-state index contributed by atoms with van der Waals surface area (Å²) in [6.07, 6.45) is 0. The number of halogens is 3. The number of hydrogen-bond donors (Lipinski definition) is 1. The smallest absolute Gasteiger partial charge is 0.163 e. The summed E-state index contributed by atoms with van der Waals surface area (Å²) in [7, 11) is 0. The average molecular weight is 282 g/mol. The molecular formula is C15H14ClF2N. The fourth-order valence-corrected chi connectivity index (χ4v) is 2.07. The highest BCUT2D eigenvalue weighted by atomic mass is 35.5. The minimum absolute atomic E-state index is 0.152. The van der Waals surface area contributed by atoms with E-state index in [1.807, 2.05) is 31.2 Å². The van der Waals surface area contributed by atoms with Crippen molar-refractivity contribution in [1.82, 2.24) is 0 Å². The Morgan fingerprint density at radius 3 is 2.58 bits per heavy atom. The van der Waals surface area contributed by atoms with E-state index in [1.54, 1.807) is 6.07 Å². The number of alkyl halides is 1. The molecule has 0 heterocycles. The van der Waals surface area contributed by atoms with Crippen molar-refractivity contribution in [2.45, 2.75) is 18.8 Å². The van der Waals surface area contributed by atoms with E-state index in [9.17, 15) is 8.78 Å². The molecule has 19 heavy (non-hydrogen) atoms. The Kier molecular flexibility index (Phi) is 4.38. The maximum Gasteiger partial charge on any atom is 0.163 e. The molecule has 0 radical (unpaired) electrons. The van der Waals surface area contributed by atoms with Crippen molar-refractivity contribution in [3.05, 3.63) is 65.2 Å². The second kappa shape index (κ2) is 6.02. The summed E-state index contributed by atoms with van der Waals surface area (Å²) in [6.45, 7) is 2.08. The quantitative estimate of drug-likeness (QED) is 0.788. The molecule has 0 saturated heterocycles. The predicted octanol–water partition coefficient (Wildman–Crippen LogP) is 4.88. The number of rotatable bonds is 4. The van der Waals surface area contributed by atoms with Gasteiger partial charge in [0.05, 0.1) is 5.38 Å². The lowest BCUT2D eigenvalue weighted by Gasteiger charge is -2.13. The lowest BCUT2D eigenvalue weighted by Crippen LogP contribution is -2.05. The Morgan fingerprint density at radius 2 is 1.84 bits per heavy atom. The summed E-state index contributed by atoms with van der Waals surface area (Å²) in [5.74, 6) is -1.65. The van der Waals surface area contributed by atoms with Gasteiger partial charge in [0.15, 0.2) is 11.6 Å². The molecule has 0 amide bonds. The summed E-state index contributed by atoms with van der Waals surface area (Å²) in [4.78, 5) is 0. The summed E-state index contributed by atoms with van der Waals surface area (Å²) < 4.78 is 26.6. The molecule has 0 bridgehead atoms. The highest BCUT2D eigenvalue weighted by Gasteiger charge is 2.10. The average Bonchev–Trinajstić information content (AvgIpc) is 2.40. The van der Waals surface area contributed by atoms with Crippen LogP contribution in [0.25, 0.3) is 0 Å². The molecule has 0 aliphatic carbocycles. The molecule has 2 aromatic rings. The number of anilines is 1. The number of benzene rings is 2. The molecule has 0 fully saturated rings. The van der Waals surface area contributed by atoms with E-state index < -0.39 is 11.6 Å². The topological polar surface area (TPSA) is 12.0 Å². The summed E-state index contributed by atoms with van der Waals surface area (Å²) in [5.41, 5.74) is 2.05. The lowest BCUT2D eigenvalue weighted by molar-refractivity contribution is 0.500. The number of nitrogens with one attached hydrogen (secondary N) is 1. The Hall–Kier alpha value is -1.61. The second-order valence-corrected chi connectivity index (χ2v) is 4.92. The van der Waals surface area contributed by atoms with Gasteiger partial charge in [0, 0.05) is 17.8 Å².